The van der Waals surface area contributed by atoms with E-state index in [1.807, 2.05) is 30.3 Å². The van der Waals surface area contributed by atoms with E-state index in [4.69, 9.17) is 19.0 Å². The van der Waals surface area contributed by atoms with Crippen LogP contribution in [0.1, 0.15) is 29.7 Å². The number of nitriles is 1. The predicted molar refractivity (Wildman–Crippen MR) is 111 cm³/mol. The summed E-state index contributed by atoms with van der Waals surface area (Å²) in [5.74, 6) is 0.0110. The summed E-state index contributed by atoms with van der Waals surface area (Å²) < 4.78 is 16.8. The van der Waals surface area contributed by atoms with E-state index in [0.717, 1.165) is 10.6 Å². The van der Waals surface area contributed by atoms with Crippen LogP contribution in [-0.4, -0.2) is 55.2 Å². The summed E-state index contributed by atoms with van der Waals surface area (Å²) in [6.07, 6.45) is -1.26. The minimum Gasteiger partial charge on any atom is -0.479 e. The number of hydroxylamine groups is 2. The molecule has 0 unspecified atom stereocenters. The summed E-state index contributed by atoms with van der Waals surface area (Å²) in [4.78, 5) is 18.5. The second-order valence-electron chi connectivity index (χ2n) is 7.39. The number of carbonyl (C=O) groups is 1. The fourth-order valence-corrected chi connectivity index (χ4v) is 3.78. The Hall–Kier alpha value is -2.96. The first-order valence-corrected chi connectivity index (χ1v) is 9.81. The molecule has 2 aromatic carbocycles. The van der Waals surface area contributed by atoms with Crippen molar-refractivity contribution in [2.75, 3.05) is 27.4 Å². The number of benzene rings is 2. The number of hydrogen-bond donors (Lipinski definition) is 1. The predicted octanol–water partition coefficient (Wildman–Crippen LogP) is 2.36. The van der Waals surface area contributed by atoms with Crippen molar-refractivity contribution in [3.63, 3.8) is 0 Å². The van der Waals surface area contributed by atoms with Crippen LogP contribution in [0.4, 0.5) is 0 Å². The van der Waals surface area contributed by atoms with Gasteiger partial charge in [-0.2, -0.15) is 5.26 Å². The quantitative estimate of drug-likeness (QED) is 0.647. The third-order valence-electron chi connectivity index (χ3n) is 5.16. The van der Waals surface area contributed by atoms with Crippen LogP contribution < -0.4 is 4.74 Å². The summed E-state index contributed by atoms with van der Waals surface area (Å²) >= 11 is 0. The molecule has 0 saturated heterocycles. The summed E-state index contributed by atoms with van der Waals surface area (Å²) in [5, 5.41) is 21.9. The number of rotatable bonds is 8. The molecule has 0 spiro atoms. The molecule has 0 fully saturated rings. The molecule has 1 heterocycles. The maximum absolute atomic E-state index is 12.6. The molecule has 0 aromatic heterocycles. The highest BCUT2D eigenvalue weighted by atomic mass is 16.7. The Bertz CT molecular complexity index is 937. The topological polar surface area (TPSA) is 101 Å². The van der Waals surface area contributed by atoms with Crippen LogP contribution in [0.3, 0.4) is 0 Å². The lowest BCUT2D eigenvalue weighted by molar-refractivity contribution is -0.243. The van der Waals surface area contributed by atoms with Gasteiger partial charge in [-0.15, -0.1) is 0 Å². The van der Waals surface area contributed by atoms with Gasteiger partial charge >= 0.3 is 0 Å². The monoisotopic (exact) mass is 426 g/mol. The lowest BCUT2D eigenvalue weighted by Gasteiger charge is -2.47. The standard InChI is InChI=1S/C23H26N2O6/c1-16(26)25(30-13-17-7-5-4-6-8-17)21-19-11-18(12-24)9-10-20(19)31-23(14-28-2,15-29-3)22(21)27/h4-11,21-22,27H,13-15H2,1-3H3/t21-,22+/m1/s1. The van der Waals surface area contributed by atoms with E-state index in [-0.39, 0.29) is 19.8 Å². The lowest BCUT2D eigenvalue weighted by Crippen LogP contribution is -2.62. The summed E-state index contributed by atoms with van der Waals surface area (Å²) in [7, 11) is 2.98. The van der Waals surface area contributed by atoms with E-state index < -0.39 is 23.7 Å². The zero-order valence-electron chi connectivity index (χ0n) is 17.8. The van der Waals surface area contributed by atoms with Gasteiger partial charge in [0.1, 0.15) is 24.5 Å². The highest BCUT2D eigenvalue weighted by Gasteiger charge is 2.53. The van der Waals surface area contributed by atoms with Crippen LogP contribution in [0.2, 0.25) is 0 Å². The first-order valence-electron chi connectivity index (χ1n) is 9.81. The van der Waals surface area contributed by atoms with Gasteiger partial charge in [0, 0.05) is 26.7 Å². The minimum atomic E-state index is -1.28. The first-order chi connectivity index (χ1) is 15.0. The number of methoxy groups -OCH3 is 2. The van der Waals surface area contributed by atoms with Crippen LogP contribution in [0.25, 0.3) is 0 Å². The van der Waals surface area contributed by atoms with Gasteiger partial charge in [-0.3, -0.25) is 9.63 Å². The maximum atomic E-state index is 12.6. The van der Waals surface area contributed by atoms with Crippen LogP contribution in [-0.2, 0) is 25.7 Å². The highest BCUT2D eigenvalue weighted by molar-refractivity contribution is 5.73. The average molecular weight is 426 g/mol. The zero-order chi connectivity index (χ0) is 22.4. The molecule has 0 saturated carbocycles. The molecule has 0 bridgehead atoms. The fourth-order valence-electron chi connectivity index (χ4n) is 3.78. The summed E-state index contributed by atoms with van der Waals surface area (Å²) in [6.45, 7) is 1.51. The minimum absolute atomic E-state index is 0.0162. The fraction of sp³-hybridized carbons (Fsp3) is 0.391. The van der Waals surface area contributed by atoms with E-state index in [1.54, 1.807) is 18.2 Å². The number of fused-ring (bicyclic) bond motifs is 1. The number of nitrogens with zero attached hydrogens (tertiary/aromatic N) is 2. The Labute approximate surface area is 181 Å². The Morgan fingerprint density at radius 1 is 1.19 bits per heavy atom. The number of amides is 1. The molecule has 31 heavy (non-hydrogen) atoms. The van der Waals surface area contributed by atoms with Gasteiger partial charge in [-0.1, -0.05) is 30.3 Å². The van der Waals surface area contributed by atoms with Crippen molar-refractivity contribution < 1.29 is 28.9 Å². The molecular weight excluding hydrogens is 400 g/mol. The van der Waals surface area contributed by atoms with E-state index in [1.165, 1.54) is 21.1 Å². The van der Waals surface area contributed by atoms with Gasteiger partial charge < -0.3 is 19.3 Å². The lowest BCUT2D eigenvalue weighted by atomic mass is 9.84. The van der Waals surface area contributed by atoms with Gasteiger partial charge in [0.05, 0.1) is 24.8 Å². The van der Waals surface area contributed by atoms with Crippen LogP contribution >= 0.6 is 0 Å². The second kappa shape index (κ2) is 9.90. The SMILES string of the molecule is COCC1(COC)Oc2ccc(C#N)cc2[C@@H](N(OCc2ccccc2)C(C)=O)[C@@H]1O. The third kappa shape index (κ3) is 4.70. The van der Waals surface area contributed by atoms with Gasteiger partial charge in [-0.25, -0.2) is 5.06 Å². The molecule has 2 atom stereocenters. The van der Waals surface area contributed by atoms with Crippen molar-refractivity contribution in [2.24, 2.45) is 0 Å². The summed E-state index contributed by atoms with van der Waals surface area (Å²) in [6, 6.07) is 15.4. The molecule has 1 aliphatic heterocycles. The molecule has 0 radical (unpaired) electrons. The van der Waals surface area contributed by atoms with E-state index in [0.29, 0.717) is 16.9 Å². The first kappa shape index (κ1) is 22.7. The number of aliphatic hydroxyl groups is 1. The molecule has 0 aliphatic carbocycles. The normalized spacial score (nSPS) is 19.1. The van der Waals surface area contributed by atoms with E-state index >= 15 is 0 Å². The number of hydrogen-bond acceptors (Lipinski definition) is 7. The Kier molecular flexibility index (Phi) is 7.25. The van der Waals surface area contributed by atoms with Gasteiger partial charge in [0.15, 0.2) is 5.60 Å². The Balaban J connectivity index is 2.06. The average Bonchev–Trinajstić information content (AvgIpc) is 2.77. The maximum Gasteiger partial charge on any atom is 0.243 e. The van der Waals surface area contributed by atoms with E-state index in [9.17, 15) is 15.2 Å². The van der Waals surface area contributed by atoms with Crippen molar-refractivity contribution in [3.8, 4) is 11.8 Å². The Morgan fingerprint density at radius 3 is 2.45 bits per heavy atom. The van der Waals surface area contributed by atoms with Gasteiger partial charge in [-0.05, 0) is 23.8 Å². The molecular formula is C23H26N2O6. The van der Waals surface area contributed by atoms with Crippen molar-refractivity contribution in [2.45, 2.75) is 31.3 Å². The number of carbonyl (C=O) groups excluding carboxylic acids is 1. The molecule has 3 rings (SSSR count). The largest absolute Gasteiger partial charge is 0.479 e. The third-order valence-corrected chi connectivity index (χ3v) is 5.16. The molecule has 1 aliphatic rings. The van der Waals surface area contributed by atoms with Crippen LogP contribution in [0.15, 0.2) is 48.5 Å². The van der Waals surface area contributed by atoms with Crippen molar-refractivity contribution in [3.05, 3.63) is 65.2 Å². The van der Waals surface area contributed by atoms with Crippen molar-refractivity contribution >= 4 is 5.91 Å². The van der Waals surface area contributed by atoms with Crippen molar-refractivity contribution in [1.29, 1.82) is 5.26 Å². The molecule has 8 heteroatoms. The zero-order valence-corrected chi connectivity index (χ0v) is 17.8. The molecule has 8 nitrogen and oxygen atoms in total. The van der Waals surface area contributed by atoms with E-state index in [2.05, 4.69) is 6.07 Å². The molecule has 164 valence electrons. The highest BCUT2D eigenvalue weighted by Crippen LogP contribution is 2.44. The number of aliphatic hydroxyl groups excluding tert-OH is 1. The second-order valence-corrected chi connectivity index (χ2v) is 7.39. The van der Waals surface area contributed by atoms with Crippen LogP contribution in [0.5, 0.6) is 5.75 Å². The molecule has 1 amide bonds. The summed E-state index contributed by atoms with van der Waals surface area (Å²) in [5.41, 5.74) is 0.426. The molecule has 2 aromatic rings. The van der Waals surface area contributed by atoms with Crippen LogP contribution in [0, 0.1) is 11.3 Å². The van der Waals surface area contributed by atoms with Gasteiger partial charge in [0.25, 0.3) is 0 Å². The molecule has 1 N–H and O–H groups in total. The van der Waals surface area contributed by atoms with Gasteiger partial charge in [0.2, 0.25) is 5.91 Å². The van der Waals surface area contributed by atoms with Crippen molar-refractivity contribution in [1.82, 2.24) is 5.06 Å². The smallest absolute Gasteiger partial charge is 0.243 e. The number of ether oxygens (including phenoxy) is 3. The Morgan fingerprint density at radius 2 is 1.87 bits per heavy atom.